The van der Waals surface area contributed by atoms with Crippen LogP contribution < -0.4 is 15.5 Å². The summed E-state index contributed by atoms with van der Waals surface area (Å²) < 4.78 is 11.3. The Morgan fingerprint density at radius 2 is 2.10 bits per heavy atom. The first-order chi connectivity index (χ1) is 14.3. The monoisotopic (exact) mass is 430 g/mol. The molecule has 2 N–H and O–H groups in total. The zero-order valence-corrected chi connectivity index (χ0v) is 17.7. The second-order valence-corrected chi connectivity index (χ2v) is 7.60. The molecule has 0 fully saturated rings. The summed E-state index contributed by atoms with van der Waals surface area (Å²) in [4.78, 5) is 40.4. The maximum Gasteiger partial charge on any atom is 0.326 e. The van der Waals surface area contributed by atoms with Crippen molar-refractivity contribution < 1.29 is 23.8 Å². The van der Waals surface area contributed by atoms with Crippen LogP contribution in [0.2, 0.25) is 0 Å². The van der Waals surface area contributed by atoms with E-state index in [9.17, 15) is 14.4 Å². The van der Waals surface area contributed by atoms with Crippen molar-refractivity contribution in [3.8, 4) is 16.3 Å². The average molecular weight is 430 g/mol. The number of ether oxygens (including phenoxy) is 1. The van der Waals surface area contributed by atoms with E-state index < -0.39 is 17.9 Å². The smallest absolute Gasteiger partial charge is 0.326 e. The molecule has 30 heavy (non-hydrogen) atoms. The highest BCUT2D eigenvalue weighted by Gasteiger charge is 2.19. The highest BCUT2D eigenvalue weighted by Crippen LogP contribution is 2.28. The molecule has 158 valence electrons. The minimum atomic E-state index is -1.10. The predicted molar refractivity (Wildman–Crippen MR) is 113 cm³/mol. The Labute approximate surface area is 176 Å². The van der Waals surface area contributed by atoms with Gasteiger partial charge in [0.05, 0.1) is 10.9 Å². The molecule has 0 aliphatic carbocycles. The number of thiazole rings is 1. The minimum Gasteiger partial charge on any atom is -0.483 e. The van der Waals surface area contributed by atoms with E-state index >= 15 is 0 Å². The summed E-state index contributed by atoms with van der Waals surface area (Å²) in [5.74, 6) is -1.23. The molecule has 3 rings (SSSR count). The third kappa shape index (κ3) is 4.51. The van der Waals surface area contributed by atoms with E-state index in [2.05, 4.69) is 10.3 Å². The topological polar surface area (TPSA) is 119 Å². The van der Waals surface area contributed by atoms with Crippen LogP contribution in [-0.2, 0) is 16.0 Å². The van der Waals surface area contributed by atoms with Gasteiger partial charge in [-0.25, -0.2) is 9.78 Å². The van der Waals surface area contributed by atoms with E-state index in [1.165, 1.54) is 17.6 Å². The largest absolute Gasteiger partial charge is 0.483 e. The van der Waals surface area contributed by atoms with Gasteiger partial charge in [-0.05, 0) is 31.4 Å². The van der Waals surface area contributed by atoms with Crippen LogP contribution in [-0.4, -0.2) is 34.6 Å². The zero-order valence-electron chi connectivity index (χ0n) is 16.9. The van der Waals surface area contributed by atoms with Crippen LogP contribution in [0, 0.1) is 6.92 Å². The van der Waals surface area contributed by atoms with Gasteiger partial charge in [0.25, 0.3) is 5.91 Å². The van der Waals surface area contributed by atoms with E-state index in [-0.39, 0.29) is 18.5 Å². The first kappa shape index (κ1) is 21.5. The summed E-state index contributed by atoms with van der Waals surface area (Å²) in [6.45, 7) is 5.09. The van der Waals surface area contributed by atoms with Crippen LogP contribution in [0.3, 0.4) is 0 Å². The Hall–Kier alpha value is -3.20. The van der Waals surface area contributed by atoms with E-state index in [0.29, 0.717) is 33.7 Å². The number of nitrogens with one attached hydrogen (secondary N) is 1. The van der Waals surface area contributed by atoms with Crippen LogP contribution in [0.15, 0.2) is 33.0 Å². The highest BCUT2D eigenvalue weighted by molar-refractivity contribution is 7.13. The van der Waals surface area contributed by atoms with Crippen molar-refractivity contribution in [2.75, 3.05) is 6.61 Å². The molecule has 0 bridgehead atoms. The third-order valence-corrected chi connectivity index (χ3v) is 5.58. The Morgan fingerprint density at radius 1 is 1.33 bits per heavy atom. The Morgan fingerprint density at radius 3 is 2.70 bits per heavy atom. The van der Waals surface area contributed by atoms with Gasteiger partial charge in [0.1, 0.15) is 28.6 Å². The summed E-state index contributed by atoms with van der Waals surface area (Å²) in [5.41, 5.74) is 2.12. The fraction of sp³-hybridized carbons (Fsp3) is 0.333. The lowest BCUT2D eigenvalue weighted by atomic mass is 10.1. The number of hydrogen-bond acceptors (Lipinski definition) is 7. The van der Waals surface area contributed by atoms with Crippen LogP contribution in [0.25, 0.3) is 21.5 Å². The van der Waals surface area contributed by atoms with Crippen molar-refractivity contribution in [2.24, 2.45) is 0 Å². The Kier molecular flexibility index (Phi) is 6.51. The van der Waals surface area contributed by atoms with Gasteiger partial charge in [0.2, 0.25) is 5.43 Å². The normalized spacial score (nSPS) is 12.0. The number of aliphatic carboxylic acids is 1. The molecular weight excluding hydrogens is 408 g/mol. The van der Waals surface area contributed by atoms with Crippen molar-refractivity contribution in [1.82, 2.24) is 10.3 Å². The average Bonchev–Trinajstić information content (AvgIpc) is 3.15. The minimum absolute atomic E-state index is 0.183. The number of rotatable bonds is 8. The lowest BCUT2D eigenvalue weighted by Gasteiger charge is -2.14. The van der Waals surface area contributed by atoms with E-state index in [0.717, 1.165) is 11.3 Å². The summed E-state index contributed by atoms with van der Waals surface area (Å²) in [7, 11) is 0. The number of aromatic nitrogens is 1. The number of carboxylic acids is 1. The molecule has 1 unspecified atom stereocenters. The van der Waals surface area contributed by atoms with Crippen LogP contribution in [0.4, 0.5) is 0 Å². The van der Waals surface area contributed by atoms with Crippen molar-refractivity contribution in [1.29, 1.82) is 0 Å². The molecule has 2 heterocycles. The van der Waals surface area contributed by atoms with Gasteiger partial charge >= 0.3 is 5.97 Å². The number of nitrogens with zero attached hydrogens (tertiary/aromatic N) is 1. The molecule has 0 saturated carbocycles. The fourth-order valence-corrected chi connectivity index (χ4v) is 3.75. The van der Waals surface area contributed by atoms with Gasteiger partial charge < -0.3 is 19.6 Å². The van der Waals surface area contributed by atoms with Crippen molar-refractivity contribution in [3.63, 3.8) is 0 Å². The fourth-order valence-electron chi connectivity index (χ4n) is 2.96. The molecule has 2 aromatic heterocycles. The molecule has 8 nitrogen and oxygen atoms in total. The summed E-state index contributed by atoms with van der Waals surface area (Å²) >= 11 is 1.38. The standard InChI is InChI=1S/C21H22N2O6S/c1-4-12-6-13-17(28-8-14(19(13)25)20-22-11(3)10-30-20)7-16(12)29-9-18(24)23-15(5-2)21(26)27/h6-8,10,15H,4-5,9H2,1-3H3,(H,23,24)(H,26,27). The quantitative estimate of drug-likeness (QED) is 0.563. The number of hydrogen-bond donors (Lipinski definition) is 2. The molecule has 0 spiro atoms. The molecule has 0 aliphatic rings. The molecule has 3 aromatic rings. The number of carboxylic acid groups (broad SMARTS) is 1. The summed E-state index contributed by atoms with van der Waals surface area (Å²) in [6.07, 6.45) is 2.22. The van der Waals surface area contributed by atoms with Crippen molar-refractivity contribution >= 4 is 34.2 Å². The number of carbonyl (C=O) groups is 2. The zero-order chi connectivity index (χ0) is 21.8. The van der Waals surface area contributed by atoms with Crippen molar-refractivity contribution in [2.45, 2.75) is 39.7 Å². The molecule has 1 atom stereocenters. The maximum atomic E-state index is 12.9. The lowest BCUT2D eigenvalue weighted by molar-refractivity contribution is -0.142. The molecule has 1 amide bonds. The number of benzene rings is 1. The highest BCUT2D eigenvalue weighted by atomic mass is 32.1. The first-order valence-corrected chi connectivity index (χ1v) is 10.4. The van der Waals surface area contributed by atoms with Crippen molar-refractivity contribution in [3.05, 3.63) is 45.3 Å². The molecule has 9 heteroatoms. The second kappa shape index (κ2) is 9.08. The lowest BCUT2D eigenvalue weighted by Crippen LogP contribution is -2.42. The second-order valence-electron chi connectivity index (χ2n) is 6.74. The van der Waals surface area contributed by atoms with Gasteiger partial charge in [-0.1, -0.05) is 13.8 Å². The molecule has 0 aliphatic heterocycles. The predicted octanol–water partition coefficient (Wildman–Crippen LogP) is 3.15. The van der Waals surface area contributed by atoms with Gasteiger partial charge in [-0.15, -0.1) is 11.3 Å². The Balaban J connectivity index is 1.87. The van der Waals surface area contributed by atoms with Gasteiger partial charge in [-0.2, -0.15) is 0 Å². The number of fused-ring (bicyclic) bond motifs is 1. The van der Waals surface area contributed by atoms with Gasteiger partial charge in [-0.3, -0.25) is 9.59 Å². The molecular formula is C21H22N2O6S. The molecule has 1 aromatic carbocycles. The number of amides is 1. The summed E-state index contributed by atoms with van der Waals surface area (Å²) in [5, 5.41) is 14.3. The Bertz CT molecular complexity index is 1150. The number of carbonyl (C=O) groups excluding carboxylic acids is 1. The van der Waals surface area contributed by atoms with E-state index in [1.807, 2.05) is 19.2 Å². The molecule has 0 saturated heterocycles. The number of aryl methyl sites for hydroxylation is 2. The summed E-state index contributed by atoms with van der Waals surface area (Å²) in [6, 6.07) is 2.31. The van der Waals surface area contributed by atoms with E-state index in [1.54, 1.807) is 19.1 Å². The van der Waals surface area contributed by atoms with E-state index in [4.69, 9.17) is 14.3 Å². The first-order valence-electron chi connectivity index (χ1n) is 9.49. The van der Waals surface area contributed by atoms with Gasteiger partial charge in [0, 0.05) is 17.1 Å². The SMILES string of the molecule is CCc1cc2c(=O)c(-c3nc(C)cs3)coc2cc1OCC(=O)NC(CC)C(=O)O. The maximum absolute atomic E-state index is 12.9. The third-order valence-electron chi connectivity index (χ3n) is 4.59. The molecule has 0 radical (unpaired) electrons. The van der Waals surface area contributed by atoms with Crippen LogP contribution in [0.1, 0.15) is 31.5 Å². The van der Waals surface area contributed by atoms with Crippen LogP contribution in [0.5, 0.6) is 5.75 Å². The van der Waals surface area contributed by atoms with Gasteiger partial charge in [0.15, 0.2) is 6.61 Å². The van der Waals surface area contributed by atoms with Crippen LogP contribution >= 0.6 is 11.3 Å².